The largest absolute Gasteiger partial charge is 0.507 e. The molecule has 1 N–H and O–H groups in total. The van der Waals surface area contributed by atoms with E-state index in [0.29, 0.717) is 10.9 Å². The highest BCUT2D eigenvalue weighted by atomic mass is 31.1. The van der Waals surface area contributed by atoms with Crippen LogP contribution in [0, 0.1) is 0 Å². The molecule has 0 spiro atoms. The van der Waals surface area contributed by atoms with Gasteiger partial charge in [-0.05, 0) is 88.9 Å². The second kappa shape index (κ2) is 11.1. The molecule has 0 amide bonds. The molecular formula is C33H55OP. The van der Waals surface area contributed by atoms with Crippen LogP contribution in [0.5, 0.6) is 5.75 Å². The first kappa shape index (κ1) is 27.5. The Morgan fingerprint density at radius 1 is 0.686 bits per heavy atom. The second-order valence-electron chi connectivity index (χ2n) is 14.5. The van der Waals surface area contributed by atoms with Gasteiger partial charge in [-0.15, -0.1) is 0 Å². The van der Waals surface area contributed by atoms with E-state index >= 15 is 0 Å². The molecule has 3 aliphatic carbocycles. The molecule has 0 radical (unpaired) electrons. The van der Waals surface area contributed by atoms with Gasteiger partial charge in [0.15, 0.2) is 0 Å². The molecule has 0 saturated heterocycles. The van der Waals surface area contributed by atoms with Gasteiger partial charge in [0, 0.05) is 0 Å². The molecule has 2 heteroatoms. The number of aromatic hydroxyl groups is 1. The summed E-state index contributed by atoms with van der Waals surface area (Å²) in [5, 5.41) is 11.9. The first-order chi connectivity index (χ1) is 16.5. The molecule has 4 rings (SSSR count). The van der Waals surface area contributed by atoms with Crippen LogP contribution in [0.15, 0.2) is 12.1 Å². The topological polar surface area (TPSA) is 20.2 Å². The fourth-order valence-electron chi connectivity index (χ4n) is 7.85. The molecule has 1 nitrogen and oxygen atoms in total. The molecule has 3 saturated carbocycles. The number of phenols is 1. The lowest BCUT2D eigenvalue weighted by atomic mass is 9.76. The monoisotopic (exact) mass is 498 g/mol. The summed E-state index contributed by atoms with van der Waals surface area (Å²) >= 11 is 0. The average Bonchev–Trinajstić information content (AvgIpc) is 2.81. The lowest BCUT2D eigenvalue weighted by molar-refractivity contribution is 0.370. The Labute approximate surface area is 219 Å². The van der Waals surface area contributed by atoms with Crippen molar-refractivity contribution >= 4 is 7.92 Å². The van der Waals surface area contributed by atoms with E-state index in [-0.39, 0.29) is 18.8 Å². The first-order valence-electron chi connectivity index (χ1n) is 15.2. The third-order valence-corrected chi connectivity index (χ3v) is 13.9. The molecule has 35 heavy (non-hydrogen) atoms. The molecule has 198 valence electrons. The average molecular weight is 499 g/mol. The van der Waals surface area contributed by atoms with Gasteiger partial charge in [-0.25, -0.2) is 0 Å². The SMILES string of the molecule is CC(C)(C)c1cc(CC2(P(C3CCCCC3)C3CCCCC3)CCCCC2)cc(C(C)(C)C)c1O. The smallest absolute Gasteiger partial charge is 0.123 e. The summed E-state index contributed by atoms with van der Waals surface area (Å²) in [4.78, 5) is 0. The minimum absolute atomic E-state index is 0.0313. The van der Waals surface area contributed by atoms with Crippen LogP contribution in [0.2, 0.25) is 0 Å². The van der Waals surface area contributed by atoms with Gasteiger partial charge in [0.25, 0.3) is 0 Å². The highest BCUT2D eigenvalue weighted by Crippen LogP contribution is 2.68. The van der Waals surface area contributed by atoms with Crippen molar-refractivity contribution in [3.05, 3.63) is 28.8 Å². The molecule has 0 bridgehead atoms. The fourth-order valence-corrected chi connectivity index (χ4v) is 13.0. The van der Waals surface area contributed by atoms with E-state index < -0.39 is 0 Å². The van der Waals surface area contributed by atoms with E-state index in [0.717, 1.165) is 22.4 Å². The summed E-state index contributed by atoms with van der Waals surface area (Å²) in [5.74, 6) is 0.549. The predicted molar refractivity (Wildman–Crippen MR) is 156 cm³/mol. The van der Waals surface area contributed by atoms with Crippen LogP contribution in [-0.4, -0.2) is 21.6 Å². The molecular weight excluding hydrogens is 443 g/mol. The second-order valence-corrected chi connectivity index (χ2v) is 17.7. The van der Waals surface area contributed by atoms with Crippen LogP contribution in [0.4, 0.5) is 0 Å². The molecule has 0 atom stereocenters. The van der Waals surface area contributed by atoms with Gasteiger partial charge < -0.3 is 5.11 Å². The van der Waals surface area contributed by atoms with E-state index in [1.54, 1.807) is 0 Å². The summed E-state index contributed by atoms with van der Waals surface area (Å²) in [6.45, 7) is 13.6. The van der Waals surface area contributed by atoms with Gasteiger partial charge in [-0.3, -0.25) is 0 Å². The third-order valence-electron chi connectivity index (χ3n) is 9.59. The van der Waals surface area contributed by atoms with Gasteiger partial charge in [-0.1, -0.05) is 119 Å². The van der Waals surface area contributed by atoms with E-state index in [9.17, 15) is 5.11 Å². The highest BCUT2D eigenvalue weighted by molar-refractivity contribution is 7.60. The Kier molecular flexibility index (Phi) is 8.68. The maximum absolute atomic E-state index is 11.4. The van der Waals surface area contributed by atoms with E-state index in [2.05, 4.69) is 53.7 Å². The van der Waals surface area contributed by atoms with Crippen LogP contribution in [-0.2, 0) is 17.3 Å². The maximum atomic E-state index is 11.4. The van der Waals surface area contributed by atoms with E-state index in [4.69, 9.17) is 0 Å². The van der Waals surface area contributed by atoms with Crippen molar-refractivity contribution in [2.45, 2.75) is 172 Å². The number of phenolic OH excluding ortho intramolecular Hbond substituents is 1. The van der Waals surface area contributed by atoms with Gasteiger partial charge in [0.2, 0.25) is 0 Å². The number of hydrogen-bond acceptors (Lipinski definition) is 1. The lowest BCUT2D eigenvalue weighted by Gasteiger charge is -2.53. The van der Waals surface area contributed by atoms with Gasteiger partial charge in [0.1, 0.15) is 5.75 Å². The van der Waals surface area contributed by atoms with Gasteiger partial charge in [0.05, 0.1) is 0 Å². The van der Waals surface area contributed by atoms with Gasteiger partial charge >= 0.3 is 0 Å². The van der Waals surface area contributed by atoms with Crippen LogP contribution in [0.25, 0.3) is 0 Å². The summed E-state index contributed by atoms with van der Waals surface area (Å²) < 4.78 is 0. The Hall–Kier alpha value is -0.550. The zero-order valence-electron chi connectivity index (χ0n) is 24.0. The van der Waals surface area contributed by atoms with Crippen molar-refractivity contribution in [2.75, 3.05) is 0 Å². The summed E-state index contributed by atoms with van der Waals surface area (Å²) in [7, 11) is 0.0313. The lowest BCUT2D eigenvalue weighted by Crippen LogP contribution is -2.40. The summed E-state index contributed by atoms with van der Waals surface area (Å²) in [5.41, 5.74) is 5.78. The molecule has 1 aromatic carbocycles. The maximum Gasteiger partial charge on any atom is 0.123 e. The normalized spacial score (nSPS) is 23.1. The molecule has 1 aromatic rings. The van der Waals surface area contributed by atoms with Crippen LogP contribution in [0.3, 0.4) is 0 Å². The molecule has 0 aromatic heterocycles. The zero-order chi connectivity index (χ0) is 25.3. The van der Waals surface area contributed by atoms with E-state index in [1.807, 2.05) is 0 Å². The van der Waals surface area contributed by atoms with Crippen LogP contribution >= 0.6 is 7.92 Å². The van der Waals surface area contributed by atoms with Crippen LogP contribution < -0.4 is 0 Å². The molecule has 3 aliphatic rings. The van der Waals surface area contributed by atoms with Crippen molar-refractivity contribution in [3.8, 4) is 5.75 Å². The van der Waals surface area contributed by atoms with Crippen molar-refractivity contribution in [1.82, 2.24) is 0 Å². The van der Waals surface area contributed by atoms with Gasteiger partial charge in [-0.2, -0.15) is 0 Å². The first-order valence-corrected chi connectivity index (χ1v) is 16.6. The van der Waals surface area contributed by atoms with Crippen LogP contribution in [0.1, 0.15) is 155 Å². The Bertz CT molecular complexity index is 771. The summed E-state index contributed by atoms with van der Waals surface area (Å²) in [6, 6.07) is 4.85. The van der Waals surface area contributed by atoms with E-state index in [1.165, 1.54) is 108 Å². The molecule has 3 fully saturated rings. The molecule has 0 unspecified atom stereocenters. The highest BCUT2D eigenvalue weighted by Gasteiger charge is 2.47. The Morgan fingerprint density at radius 2 is 1.09 bits per heavy atom. The predicted octanol–water partition coefficient (Wildman–Crippen LogP) is 10.4. The van der Waals surface area contributed by atoms with Crippen molar-refractivity contribution in [3.63, 3.8) is 0 Å². The molecule has 0 heterocycles. The van der Waals surface area contributed by atoms with Crippen molar-refractivity contribution in [2.24, 2.45) is 0 Å². The minimum atomic E-state index is -0.0443. The minimum Gasteiger partial charge on any atom is -0.507 e. The standard InChI is InChI=1S/C33H55OP/c1-31(2,3)28-22-25(23-29(30(28)34)32(4,5)6)24-33(20-14-9-15-21-33)35(26-16-10-7-11-17-26)27-18-12-8-13-19-27/h22-23,26-27,34H,7-21,24H2,1-6H3. The summed E-state index contributed by atoms with van der Waals surface area (Å²) in [6.07, 6.45) is 23.4. The Morgan fingerprint density at radius 3 is 1.49 bits per heavy atom. The quantitative estimate of drug-likeness (QED) is 0.400. The molecule has 0 aliphatic heterocycles. The third kappa shape index (κ3) is 6.30. The zero-order valence-corrected chi connectivity index (χ0v) is 24.9. The number of hydrogen-bond donors (Lipinski definition) is 1. The van der Waals surface area contributed by atoms with Crippen molar-refractivity contribution < 1.29 is 5.11 Å². The number of benzene rings is 1. The number of rotatable bonds is 5. The Balaban J connectivity index is 1.78. The van der Waals surface area contributed by atoms with Crippen molar-refractivity contribution in [1.29, 1.82) is 0 Å². The fraction of sp³-hybridized carbons (Fsp3) is 0.818.